The summed E-state index contributed by atoms with van der Waals surface area (Å²) in [6.45, 7) is 2.24. The number of hydrogen-bond donors (Lipinski definition) is 2. The molecule has 0 radical (unpaired) electrons. The highest BCUT2D eigenvalue weighted by molar-refractivity contribution is 7.20. The number of aliphatic hydroxyl groups is 1. The molecule has 96 valence electrons. The van der Waals surface area contributed by atoms with Crippen molar-refractivity contribution in [3.05, 3.63) is 16.8 Å². The Morgan fingerprint density at radius 3 is 3.00 bits per heavy atom. The molecule has 0 spiro atoms. The zero-order valence-electron chi connectivity index (χ0n) is 10.1. The molecule has 0 aliphatic heterocycles. The van der Waals surface area contributed by atoms with E-state index in [1.165, 1.54) is 24.8 Å². The first kappa shape index (κ1) is 12.7. The second-order valence-corrected chi connectivity index (χ2v) is 4.60. The smallest absolute Gasteiger partial charge is 0.348 e. The molecule has 0 saturated heterocycles. The van der Waals surface area contributed by atoms with Gasteiger partial charge in [0.2, 0.25) is 0 Å². The highest BCUT2D eigenvalue weighted by atomic mass is 32.1. The van der Waals surface area contributed by atoms with E-state index in [0.29, 0.717) is 17.2 Å². The fourth-order valence-electron chi connectivity index (χ4n) is 1.67. The van der Waals surface area contributed by atoms with Crippen LogP contribution >= 0.6 is 11.3 Å². The van der Waals surface area contributed by atoms with Crippen LogP contribution in [0.3, 0.4) is 0 Å². The molecule has 0 saturated carbocycles. The Balaban J connectivity index is 2.54. The summed E-state index contributed by atoms with van der Waals surface area (Å²) in [4.78, 5) is 21.1. The van der Waals surface area contributed by atoms with Crippen molar-refractivity contribution in [1.29, 1.82) is 0 Å². The number of esters is 1. The number of thiophene rings is 1. The number of aliphatic hydroxyl groups excluding tert-OH is 1. The number of carbonyl (C=O) groups excluding carboxylic acids is 1. The van der Waals surface area contributed by atoms with Gasteiger partial charge in [0, 0.05) is 6.54 Å². The lowest BCUT2D eigenvalue weighted by atomic mass is 10.2. The van der Waals surface area contributed by atoms with Crippen LogP contribution < -0.4 is 5.32 Å². The van der Waals surface area contributed by atoms with Gasteiger partial charge in [-0.25, -0.2) is 14.8 Å². The van der Waals surface area contributed by atoms with E-state index in [9.17, 15) is 4.79 Å². The molecule has 2 N–H and O–H groups in total. The summed E-state index contributed by atoms with van der Waals surface area (Å²) in [5.74, 6) is 0.251. The topological polar surface area (TPSA) is 84.3 Å². The first-order valence-corrected chi connectivity index (χ1v) is 6.17. The molecule has 18 heavy (non-hydrogen) atoms. The molecule has 7 heteroatoms. The second-order valence-electron chi connectivity index (χ2n) is 3.60. The number of methoxy groups -OCH3 is 1. The molecular weight excluding hydrogens is 254 g/mol. The van der Waals surface area contributed by atoms with Crippen molar-refractivity contribution in [3.63, 3.8) is 0 Å². The minimum atomic E-state index is -0.372. The van der Waals surface area contributed by atoms with Crippen LogP contribution in [0.4, 0.5) is 5.82 Å². The Bertz CT molecular complexity index is 582. The van der Waals surface area contributed by atoms with Gasteiger partial charge in [0.15, 0.2) is 0 Å². The van der Waals surface area contributed by atoms with Crippen molar-refractivity contribution in [2.75, 3.05) is 25.6 Å². The van der Waals surface area contributed by atoms with Gasteiger partial charge >= 0.3 is 5.97 Å². The van der Waals surface area contributed by atoms with Crippen LogP contribution in [0, 0.1) is 6.92 Å². The van der Waals surface area contributed by atoms with Gasteiger partial charge in [-0.05, 0) is 12.5 Å². The third-order valence-corrected chi connectivity index (χ3v) is 3.68. The molecule has 0 bridgehead atoms. The summed E-state index contributed by atoms with van der Waals surface area (Å²) < 4.78 is 4.73. The molecule has 0 aliphatic rings. The predicted molar refractivity (Wildman–Crippen MR) is 69.1 cm³/mol. The summed E-state index contributed by atoms with van der Waals surface area (Å²) in [6.07, 6.45) is 1.43. The molecule has 0 aliphatic carbocycles. The quantitative estimate of drug-likeness (QED) is 0.809. The van der Waals surface area contributed by atoms with E-state index in [4.69, 9.17) is 9.84 Å². The predicted octanol–water partition coefficient (Wildman–Crippen LogP) is 1.19. The summed E-state index contributed by atoms with van der Waals surface area (Å²) >= 11 is 1.28. The van der Waals surface area contributed by atoms with Gasteiger partial charge in [-0.15, -0.1) is 11.3 Å². The van der Waals surface area contributed by atoms with Crippen molar-refractivity contribution < 1.29 is 14.6 Å². The number of aryl methyl sites for hydroxylation is 1. The molecule has 0 unspecified atom stereocenters. The van der Waals surface area contributed by atoms with Gasteiger partial charge in [0.05, 0.1) is 19.1 Å². The van der Waals surface area contributed by atoms with Crippen LogP contribution in [0.25, 0.3) is 10.2 Å². The fourth-order valence-corrected chi connectivity index (χ4v) is 2.73. The molecule has 2 aromatic heterocycles. The van der Waals surface area contributed by atoms with E-state index < -0.39 is 0 Å². The largest absolute Gasteiger partial charge is 0.465 e. The maximum absolute atomic E-state index is 11.6. The maximum atomic E-state index is 11.6. The number of nitrogens with one attached hydrogen (secondary N) is 1. The van der Waals surface area contributed by atoms with E-state index in [2.05, 4.69) is 15.3 Å². The Kier molecular flexibility index (Phi) is 3.73. The lowest BCUT2D eigenvalue weighted by molar-refractivity contribution is 0.0605. The molecule has 2 aromatic rings. The van der Waals surface area contributed by atoms with Gasteiger partial charge in [-0.3, -0.25) is 0 Å². The van der Waals surface area contributed by atoms with Crippen LogP contribution in [0.2, 0.25) is 0 Å². The van der Waals surface area contributed by atoms with Crippen molar-refractivity contribution in [1.82, 2.24) is 9.97 Å². The van der Waals surface area contributed by atoms with E-state index in [0.717, 1.165) is 15.8 Å². The number of carbonyl (C=O) groups is 1. The van der Waals surface area contributed by atoms with Crippen molar-refractivity contribution in [3.8, 4) is 0 Å². The third kappa shape index (κ3) is 2.14. The minimum Gasteiger partial charge on any atom is -0.465 e. The van der Waals surface area contributed by atoms with E-state index in [-0.39, 0.29) is 12.6 Å². The second kappa shape index (κ2) is 5.28. The van der Waals surface area contributed by atoms with E-state index in [1.807, 2.05) is 6.92 Å². The number of hydrogen-bond acceptors (Lipinski definition) is 7. The van der Waals surface area contributed by atoms with Crippen LogP contribution in [0.5, 0.6) is 0 Å². The van der Waals surface area contributed by atoms with Gasteiger partial charge in [-0.2, -0.15) is 0 Å². The van der Waals surface area contributed by atoms with Crippen LogP contribution in [-0.2, 0) is 4.74 Å². The summed E-state index contributed by atoms with van der Waals surface area (Å²) in [5, 5.41) is 12.6. The fraction of sp³-hybridized carbons (Fsp3) is 0.364. The number of aromatic nitrogens is 2. The molecule has 0 amide bonds. The Morgan fingerprint density at radius 2 is 2.33 bits per heavy atom. The average molecular weight is 267 g/mol. The molecule has 2 heterocycles. The standard InChI is InChI=1S/C11H13N3O3S/c1-6-7-9(12-3-4-15)13-5-14-10(7)18-8(6)11(16)17-2/h5,15H,3-4H2,1-2H3,(H,12,13,14). The highest BCUT2D eigenvalue weighted by Gasteiger charge is 2.19. The Hall–Kier alpha value is -1.73. The normalized spacial score (nSPS) is 10.6. The molecule has 6 nitrogen and oxygen atoms in total. The van der Waals surface area contributed by atoms with Crippen molar-refractivity contribution in [2.45, 2.75) is 6.92 Å². The maximum Gasteiger partial charge on any atom is 0.348 e. The summed E-state index contributed by atoms with van der Waals surface area (Å²) in [5.41, 5.74) is 0.794. The van der Waals surface area contributed by atoms with Gasteiger partial charge < -0.3 is 15.2 Å². The lowest BCUT2D eigenvalue weighted by Gasteiger charge is -2.04. The molecule has 0 fully saturated rings. The number of nitrogens with zero attached hydrogens (tertiary/aromatic N) is 2. The molecular formula is C11H13N3O3S. The molecule has 2 rings (SSSR count). The zero-order chi connectivity index (χ0) is 13.1. The Morgan fingerprint density at radius 1 is 1.56 bits per heavy atom. The Labute approximate surface area is 108 Å². The third-order valence-electron chi connectivity index (χ3n) is 2.50. The average Bonchev–Trinajstić information content (AvgIpc) is 2.73. The number of anilines is 1. The molecule has 0 aromatic carbocycles. The number of rotatable bonds is 4. The number of ether oxygens (including phenoxy) is 1. The van der Waals surface area contributed by atoms with Gasteiger partial charge in [0.25, 0.3) is 0 Å². The lowest BCUT2D eigenvalue weighted by Crippen LogP contribution is -2.07. The summed E-state index contributed by atoms with van der Waals surface area (Å²) in [7, 11) is 1.35. The first-order valence-electron chi connectivity index (χ1n) is 5.36. The summed E-state index contributed by atoms with van der Waals surface area (Å²) in [6, 6.07) is 0. The van der Waals surface area contributed by atoms with Crippen LogP contribution in [0.15, 0.2) is 6.33 Å². The number of fused-ring (bicyclic) bond motifs is 1. The van der Waals surface area contributed by atoms with Crippen LogP contribution in [0.1, 0.15) is 15.2 Å². The van der Waals surface area contributed by atoms with E-state index >= 15 is 0 Å². The first-order chi connectivity index (χ1) is 8.69. The van der Waals surface area contributed by atoms with Crippen molar-refractivity contribution in [2.24, 2.45) is 0 Å². The SMILES string of the molecule is COC(=O)c1sc2ncnc(NCCO)c2c1C. The monoisotopic (exact) mass is 267 g/mol. The van der Waals surface area contributed by atoms with Gasteiger partial charge in [-0.1, -0.05) is 0 Å². The molecule has 0 atom stereocenters. The zero-order valence-corrected chi connectivity index (χ0v) is 10.9. The van der Waals surface area contributed by atoms with Crippen molar-refractivity contribution >= 4 is 33.3 Å². The van der Waals surface area contributed by atoms with E-state index in [1.54, 1.807) is 0 Å². The minimum absolute atomic E-state index is 0.0124. The van der Waals surface area contributed by atoms with Gasteiger partial charge in [0.1, 0.15) is 21.9 Å². The van der Waals surface area contributed by atoms with Crippen LogP contribution in [-0.4, -0.2) is 41.3 Å². The highest BCUT2D eigenvalue weighted by Crippen LogP contribution is 2.33.